The molecule has 31 nitrogen and oxygen atoms in total. The van der Waals surface area contributed by atoms with Crippen LogP contribution in [0.25, 0.3) is 41.7 Å². The summed E-state index contributed by atoms with van der Waals surface area (Å²) in [6, 6.07) is 0. The molecule has 8 bridgehead atoms. The van der Waals surface area contributed by atoms with Crippen molar-refractivity contribution in [2.45, 2.75) is 104 Å². The van der Waals surface area contributed by atoms with E-state index in [0.29, 0.717) is 28.0 Å². The molecule has 5 aromatic heterocycles. The van der Waals surface area contributed by atoms with Crippen molar-refractivity contribution in [3.8, 4) is 0 Å². The Hall–Kier alpha value is -6.83. The number of nitrogen functional groups attached to an aromatic ring is 1. The number of aromatic amines is 3. The maximum absolute atomic E-state index is 13.4. The van der Waals surface area contributed by atoms with Gasteiger partial charge in [-0.1, -0.05) is 31.7 Å². The van der Waals surface area contributed by atoms with Crippen LogP contribution in [0.15, 0.2) is 42.3 Å². The number of allylic oxidation sites excluding steroid dienone is 2. The van der Waals surface area contributed by atoms with E-state index in [4.69, 9.17) is 19.5 Å². The zero-order valence-electron chi connectivity index (χ0n) is 49.0. The predicted octanol–water partition coefficient (Wildman–Crippen LogP) is 0.992. The number of aliphatic hydroxyl groups excluding tert-OH is 3. The van der Waals surface area contributed by atoms with E-state index < -0.39 is 90.5 Å². The van der Waals surface area contributed by atoms with E-state index in [0.717, 1.165) is 96.8 Å². The molecule has 8 unspecified atom stereocenters. The number of imidazole rings is 1. The molecule has 0 aromatic carbocycles. The minimum Gasteiger partial charge on any atom is -0.515 e. The number of nitrogens with zero attached hydrogens (tertiary/aromatic N) is 4. The second-order valence-electron chi connectivity index (χ2n) is 21.9. The monoisotopic (exact) mass is 1320 g/mol. The van der Waals surface area contributed by atoms with Gasteiger partial charge in [-0.05, 0) is 98.2 Å². The van der Waals surface area contributed by atoms with Gasteiger partial charge in [0, 0.05) is 93.8 Å². The average molecular weight is 1320 g/mol. The van der Waals surface area contributed by atoms with Gasteiger partial charge in [-0.15, -0.1) is 6.58 Å². The highest BCUT2D eigenvalue weighted by Gasteiger charge is 2.50. The number of nitrogens with two attached hydrogens (primary N) is 1. The summed E-state index contributed by atoms with van der Waals surface area (Å²) in [5.74, 6) is -2.50. The third-order valence-corrected chi connectivity index (χ3v) is 19.3. The Morgan fingerprint density at radius 3 is 2.26 bits per heavy atom. The number of aliphatic carboxylic acids is 1. The van der Waals surface area contributed by atoms with Gasteiger partial charge in [0.05, 0.1) is 31.2 Å². The molecule has 5 aromatic rings. The zero-order valence-corrected chi connectivity index (χ0v) is 52.5. The standard InChI is InChI=1S/C54H70N11O20P3S/c1-8-30-26(2)36-19-41-33(21-66)29(5)35(64-41)17-34-27(3)31(9-11-44(68)69)39(62-34)20-40-32(28(4)37(63-40)18-38(30)61-36)10-12-45(70)89-16-15-56-43(67)13-14-57-52(73)49(72)54(6,7)23-82-88(79,80)85-87(77,78)81-22-42-48(84-86(74,75)76)47(71)53(83-42)65-25-60-46-50(55)58-24-59-51(46)65/h8,17-21,24-25,30,42,47-49,53,61-64,66,71-72H,1,9-16,22-23H2,2-7H3,(H,56,67)(H,57,73)(H,68,69)(H,77,78)(H,79,80)(H2,55,58,59)(H2,74,75,76)/b33-21+,34-17-,38-18+,39-20?,41-19-. The number of carboxylic acids is 1. The number of phosphoric ester groups is 3. The molecule has 1 saturated heterocycles. The molecule has 0 saturated carbocycles. The highest BCUT2D eigenvalue weighted by atomic mass is 32.2. The molecule has 89 heavy (non-hydrogen) atoms. The summed E-state index contributed by atoms with van der Waals surface area (Å²) in [4.78, 5) is 113. The van der Waals surface area contributed by atoms with Crippen molar-refractivity contribution in [1.82, 2.24) is 50.4 Å². The molecule has 8 rings (SSSR count). The topological polar surface area (TPSA) is 481 Å². The number of aliphatic hydroxyl groups is 3. The first-order valence-electron chi connectivity index (χ1n) is 27.6. The molecule has 1 fully saturated rings. The number of rotatable bonds is 26. The lowest BCUT2D eigenvalue weighted by molar-refractivity contribution is -0.137. The molecule has 35 heteroatoms. The van der Waals surface area contributed by atoms with Crippen LogP contribution in [0.1, 0.15) is 91.2 Å². The summed E-state index contributed by atoms with van der Waals surface area (Å²) >= 11 is 1.02. The predicted molar refractivity (Wildman–Crippen MR) is 323 cm³/mol. The smallest absolute Gasteiger partial charge is 0.481 e. The van der Waals surface area contributed by atoms with Crippen LogP contribution < -0.4 is 43.0 Å². The first-order chi connectivity index (χ1) is 41.8. The number of anilines is 1. The fourth-order valence-corrected chi connectivity index (χ4v) is 13.8. The Kier molecular flexibility index (Phi) is 21.2. The summed E-state index contributed by atoms with van der Waals surface area (Å²) in [6.07, 6.45) is 4.09. The number of hydrogen-bond donors (Lipinski definition) is 15. The lowest BCUT2D eigenvalue weighted by atomic mass is 9.87. The maximum Gasteiger partial charge on any atom is 0.481 e. The Bertz CT molecular complexity index is 4070. The van der Waals surface area contributed by atoms with Crippen molar-refractivity contribution in [1.29, 1.82) is 0 Å². The largest absolute Gasteiger partial charge is 0.515 e. The van der Waals surface area contributed by atoms with E-state index in [2.05, 4.69) is 61.3 Å². The van der Waals surface area contributed by atoms with Gasteiger partial charge in [-0.3, -0.25) is 37.3 Å². The summed E-state index contributed by atoms with van der Waals surface area (Å²) in [5, 5.41) is 53.1. The van der Waals surface area contributed by atoms with Crippen molar-refractivity contribution in [3.05, 3.63) is 108 Å². The van der Waals surface area contributed by atoms with E-state index >= 15 is 0 Å². The minimum absolute atomic E-state index is 0.0141. The number of H-pyrrole nitrogens is 3. The zero-order chi connectivity index (χ0) is 65.1. The van der Waals surface area contributed by atoms with E-state index in [-0.39, 0.29) is 72.5 Å². The van der Waals surface area contributed by atoms with Gasteiger partial charge in [0.15, 0.2) is 22.8 Å². The molecule has 2 amide bonds. The summed E-state index contributed by atoms with van der Waals surface area (Å²) < 4.78 is 63.0. The van der Waals surface area contributed by atoms with Crippen molar-refractivity contribution in [3.63, 3.8) is 0 Å². The maximum atomic E-state index is 13.4. The summed E-state index contributed by atoms with van der Waals surface area (Å²) in [7, 11) is -16.6. The van der Waals surface area contributed by atoms with Gasteiger partial charge in [0.2, 0.25) is 11.8 Å². The summed E-state index contributed by atoms with van der Waals surface area (Å²) in [5.41, 5.74) is 13.3. The highest BCUT2D eigenvalue weighted by Crippen LogP contribution is 2.61. The molecule has 8 heterocycles. The van der Waals surface area contributed by atoms with Gasteiger partial charge >= 0.3 is 29.4 Å². The van der Waals surface area contributed by atoms with Gasteiger partial charge in [0.1, 0.15) is 36.3 Å². The van der Waals surface area contributed by atoms with Crippen LogP contribution in [-0.4, -0.2) is 154 Å². The molecular formula is C54H70N11O20P3S. The Balaban J connectivity index is 0.816. The first-order valence-corrected chi connectivity index (χ1v) is 33.1. The first kappa shape index (κ1) is 68.1. The number of phosphoric acid groups is 3. The molecule has 3 aliphatic heterocycles. The van der Waals surface area contributed by atoms with E-state index in [1.165, 1.54) is 13.8 Å². The van der Waals surface area contributed by atoms with Crippen molar-refractivity contribution in [2.75, 3.05) is 37.8 Å². The van der Waals surface area contributed by atoms with Crippen LogP contribution in [0.3, 0.4) is 0 Å². The third kappa shape index (κ3) is 16.2. The number of thioether (sulfide) groups is 1. The quantitative estimate of drug-likeness (QED) is 0.0208. The number of carbonyl (C=O) groups excluding carboxylic acids is 3. The molecule has 0 radical (unpaired) electrons. The van der Waals surface area contributed by atoms with Crippen molar-refractivity contribution >= 4 is 106 Å². The molecule has 8 atom stereocenters. The number of nitrogens with one attached hydrogen (secondary N) is 6. The molecule has 16 N–H and O–H groups in total. The van der Waals surface area contributed by atoms with E-state index in [1.807, 2.05) is 58.1 Å². The fraction of sp³-hybridized carbons (Fsp3) is 0.426. The van der Waals surface area contributed by atoms with E-state index in [1.54, 1.807) is 0 Å². The van der Waals surface area contributed by atoms with Crippen LogP contribution in [0, 0.1) is 32.1 Å². The summed E-state index contributed by atoms with van der Waals surface area (Å²) in [6.45, 7) is 12.1. The van der Waals surface area contributed by atoms with Crippen LogP contribution in [0.5, 0.6) is 0 Å². The Morgan fingerprint density at radius 2 is 1.56 bits per heavy atom. The molecule has 3 aliphatic rings. The second kappa shape index (κ2) is 27.7. The number of aromatic nitrogens is 7. The van der Waals surface area contributed by atoms with Crippen LogP contribution in [0.2, 0.25) is 0 Å². The van der Waals surface area contributed by atoms with Gasteiger partial charge in [0.25, 0.3) is 0 Å². The fourth-order valence-electron chi connectivity index (χ4n) is 10.3. The van der Waals surface area contributed by atoms with Crippen LogP contribution in [-0.2, 0) is 68.3 Å². The van der Waals surface area contributed by atoms with Crippen LogP contribution in [0.4, 0.5) is 5.82 Å². The number of hydrogen-bond acceptors (Lipinski definition) is 21. The number of carboxylic acid groups (broad SMARTS) is 1. The Labute approximate surface area is 511 Å². The second-order valence-corrected chi connectivity index (χ2v) is 27.3. The number of carbonyl (C=O) groups is 4. The van der Waals surface area contributed by atoms with Gasteiger partial charge < -0.3 is 81.4 Å². The number of amides is 2. The lowest BCUT2D eigenvalue weighted by Gasteiger charge is -2.30. The Morgan fingerprint density at radius 1 is 0.865 bits per heavy atom. The van der Waals surface area contributed by atoms with Gasteiger partial charge in [-0.2, -0.15) is 4.31 Å². The molecule has 0 aliphatic carbocycles. The molecule has 482 valence electrons. The molecular weight excluding hydrogens is 1250 g/mol. The number of fused-ring (bicyclic) bond motifs is 9. The highest BCUT2D eigenvalue weighted by molar-refractivity contribution is 8.13. The third-order valence-electron chi connectivity index (χ3n) is 15.2. The molecule has 0 spiro atoms. The lowest BCUT2D eigenvalue weighted by Crippen LogP contribution is -2.46. The van der Waals surface area contributed by atoms with E-state index in [9.17, 15) is 72.9 Å². The average Bonchev–Trinajstić information content (AvgIpc) is 1.68. The number of ether oxygens (including phenoxy) is 1. The van der Waals surface area contributed by atoms with Gasteiger partial charge in [-0.25, -0.2) is 28.6 Å². The van der Waals surface area contributed by atoms with Crippen molar-refractivity contribution in [2.24, 2.45) is 11.3 Å². The minimum atomic E-state index is -5.64. The van der Waals surface area contributed by atoms with Crippen molar-refractivity contribution < 1.29 is 95.5 Å². The normalized spacial score (nSPS) is 21.7. The van der Waals surface area contributed by atoms with Crippen LogP contribution >= 0.6 is 35.2 Å². The SMILES string of the molecule is C=CC1C(C)=C2/C=c3\[nH]c(c(C)\c3=C/O)/C=c3\[nH]c(c(CCC(=O)O)c3C)=Cc3[nH]c(c(C)c3CCC(=O)SCCNC(=O)CCNC(=O)C(O)C(C)(C)COP(=O)(O)OP(=O)(O)OCC3OC(n4cnc5c(N)ncnc54)C(O)C3OP(=O)(O)O)/C=C\1N2.